The monoisotopic (exact) mass is 297 g/mol. The van der Waals surface area contributed by atoms with Crippen molar-refractivity contribution >= 4 is 24.0 Å². The number of aromatic nitrogens is 1. The van der Waals surface area contributed by atoms with E-state index in [4.69, 9.17) is 15.8 Å². The Morgan fingerprint density at radius 1 is 1.43 bits per heavy atom. The fraction of sp³-hybridized carbons (Fsp3) is 0.385. The first-order chi connectivity index (χ1) is 9.65. The molecule has 1 amide bonds. The Labute approximate surface area is 122 Å². The number of carbonyl (C=O) groups excluding carboxylic acids is 2. The lowest BCUT2D eigenvalue weighted by atomic mass is 10.0. The molecule has 21 heavy (non-hydrogen) atoms. The Bertz CT molecular complexity index is 507. The van der Waals surface area contributed by atoms with Crippen LogP contribution in [0.5, 0.6) is 0 Å². The van der Waals surface area contributed by atoms with Crippen molar-refractivity contribution in [1.29, 1.82) is 0 Å². The number of nitrogens with zero attached hydrogens (tertiary/aromatic N) is 2. The zero-order valence-corrected chi connectivity index (χ0v) is 12.4. The minimum Gasteiger partial charge on any atom is -0.481 e. The molecule has 0 saturated carbocycles. The van der Waals surface area contributed by atoms with E-state index in [-0.39, 0.29) is 0 Å². The largest absolute Gasteiger partial charge is 0.481 e. The van der Waals surface area contributed by atoms with Crippen LogP contribution in [0.3, 0.4) is 0 Å². The van der Waals surface area contributed by atoms with Crippen LogP contribution >= 0.6 is 0 Å². The van der Waals surface area contributed by atoms with Crippen LogP contribution < -0.4 is 10.8 Å². The number of nitrogens with two attached hydrogens (primary N) is 1. The van der Waals surface area contributed by atoms with Crippen LogP contribution in [0.4, 0.5) is 10.5 Å². The summed E-state index contributed by atoms with van der Waals surface area (Å²) >= 11 is 0. The summed E-state index contributed by atoms with van der Waals surface area (Å²) in [5.41, 5.74) is 0.128. The van der Waals surface area contributed by atoms with Gasteiger partial charge in [-0.1, -0.05) is 0 Å². The lowest BCUT2D eigenvalue weighted by molar-refractivity contribution is -0.134. The highest BCUT2D eigenvalue weighted by molar-refractivity contribution is 5.95. The van der Waals surface area contributed by atoms with Gasteiger partial charge in [-0.15, -0.1) is 0 Å². The third kappa shape index (κ3) is 6.00. The quantitative estimate of drug-likeness (QED) is 0.627. The molecule has 0 aromatic carbocycles. The van der Waals surface area contributed by atoms with Crippen molar-refractivity contribution in [1.82, 2.24) is 4.98 Å². The molecule has 0 atom stereocenters. The zero-order chi connectivity index (χ0) is 16.6. The fourth-order valence-electron chi connectivity index (χ4n) is 1.47. The molecule has 1 rings (SSSR count). The summed E-state index contributed by atoms with van der Waals surface area (Å²) in [6.07, 6.45) is 2.81. The minimum absolute atomic E-state index is 0.348. The predicted molar refractivity (Wildman–Crippen MR) is 75.8 cm³/mol. The van der Waals surface area contributed by atoms with E-state index in [2.05, 4.69) is 9.82 Å². The van der Waals surface area contributed by atoms with Gasteiger partial charge in [-0.25, -0.2) is 4.79 Å². The number of carboxylic acids is 1. The zero-order valence-electron chi connectivity index (χ0n) is 12.4. The maximum absolute atomic E-state index is 11.7. The number of carboxylic acid groups (broad SMARTS) is 1. The predicted octanol–water partition coefficient (Wildman–Crippen LogP) is 1.60. The van der Waals surface area contributed by atoms with Crippen molar-refractivity contribution < 1.29 is 24.3 Å². The summed E-state index contributed by atoms with van der Waals surface area (Å²) in [4.78, 5) is 41.0. The summed E-state index contributed by atoms with van der Waals surface area (Å²) in [7, 11) is 0. The van der Waals surface area contributed by atoms with Gasteiger partial charge in [0.05, 0.1) is 11.9 Å². The number of aldehydes is 1. The molecule has 0 saturated heterocycles. The van der Waals surface area contributed by atoms with E-state index in [0.29, 0.717) is 17.5 Å². The number of amides is 1. The molecule has 0 spiro atoms. The maximum Gasteiger partial charge on any atom is 0.433 e. The highest BCUT2D eigenvalue weighted by Crippen LogP contribution is 2.26. The van der Waals surface area contributed by atoms with Crippen LogP contribution in [0.2, 0.25) is 0 Å². The highest BCUT2D eigenvalue weighted by atomic mass is 16.7. The van der Waals surface area contributed by atoms with Crippen molar-refractivity contribution in [3.63, 3.8) is 0 Å². The number of hydrogen-bond donors (Lipinski definition) is 2. The number of hydrogen-bond acceptors (Lipinski definition) is 6. The van der Waals surface area contributed by atoms with E-state index < -0.39 is 17.6 Å². The first-order valence-corrected chi connectivity index (χ1v) is 5.94. The van der Waals surface area contributed by atoms with E-state index in [1.54, 1.807) is 20.8 Å². The lowest BCUT2D eigenvalue weighted by Crippen LogP contribution is -2.47. The third-order valence-corrected chi connectivity index (χ3v) is 2.15. The molecule has 0 radical (unpaired) electrons. The van der Waals surface area contributed by atoms with Crippen molar-refractivity contribution in [2.45, 2.75) is 33.2 Å². The third-order valence-electron chi connectivity index (χ3n) is 2.15. The number of pyridine rings is 1. The molecule has 8 nitrogen and oxygen atoms in total. The average molecular weight is 297 g/mol. The second-order valence-corrected chi connectivity index (χ2v) is 4.96. The Balaban J connectivity index is 0.000000885. The van der Waals surface area contributed by atoms with Gasteiger partial charge >= 0.3 is 6.09 Å². The normalized spacial score (nSPS) is 9.95. The number of rotatable bonds is 2. The van der Waals surface area contributed by atoms with E-state index >= 15 is 0 Å². The Morgan fingerprint density at radius 2 is 1.95 bits per heavy atom. The molecule has 8 heteroatoms. The smallest absolute Gasteiger partial charge is 0.433 e. The summed E-state index contributed by atoms with van der Waals surface area (Å²) in [6.45, 7) is 6.47. The van der Waals surface area contributed by atoms with Crippen molar-refractivity contribution in [2.24, 2.45) is 5.90 Å². The molecule has 0 bridgehead atoms. The Hall–Kier alpha value is -2.48. The second kappa shape index (κ2) is 7.95. The Morgan fingerprint density at radius 3 is 2.33 bits per heavy atom. The topological polar surface area (TPSA) is 123 Å². The van der Waals surface area contributed by atoms with E-state index in [0.717, 1.165) is 6.92 Å². The highest BCUT2D eigenvalue weighted by Gasteiger charge is 2.31. The van der Waals surface area contributed by atoms with Gasteiger partial charge in [0.1, 0.15) is 0 Å². The fourth-order valence-corrected chi connectivity index (χ4v) is 1.47. The first-order valence-electron chi connectivity index (χ1n) is 5.94. The molecule has 0 aliphatic rings. The second-order valence-electron chi connectivity index (χ2n) is 4.96. The van der Waals surface area contributed by atoms with Gasteiger partial charge in [0.2, 0.25) is 0 Å². The van der Waals surface area contributed by atoms with Crippen LogP contribution in [0.25, 0.3) is 0 Å². The molecule has 116 valence electrons. The Kier molecular flexibility index (Phi) is 7.01. The van der Waals surface area contributed by atoms with Crippen LogP contribution in [0.15, 0.2) is 18.5 Å². The molecule has 1 aromatic rings. The molecular formula is C13H19N3O5. The molecule has 1 aromatic heterocycles. The molecule has 3 N–H and O–H groups in total. The first kappa shape index (κ1) is 18.5. The molecule has 0 unspecified atom stereocenters. The van der Waals surface area contributed by atoms with Gasteiger partial charge in [0.25, 0.3) is 5.97 Å². The lowest BCUT2D eigenvalue weighted by Gasteiger charge is -2.34. The van der Waals surface area contributed by atoms with Crippen LogP contribution in [-0.2, 0) is 9.63 Å². The van der Waals surface area contributed by atoms with Gasteiger partial charge in [0.15, 0.2) is 6.29 Å². The number of anilines is 1. The van der Waals surface area contributed by atoms with E-state index in [1.807, 2.05) is 0 Å². The van der Waals surface area contributed by atoms with Crippen molar-refractivity contribution in [3.8, 4) is 0 Å². The van der Waals surface area contributed by atoms with Crippen LogP contribution in [0.1, 0.15) is 38.1 Å². The standard InChI is InChI=1S/C11H15N3O3.C2H4O2/c1-11(2,3)14(10(16)17-12)9-6-13-5-4-8(9)7-15;1-2(3)4/h4-7H,12H2,1-3H3;1H3,(H,3,4). The molecule has 1 heterocycles. The average Bonchev–Trinajstić information content (AvgIpc) is 2.37. The molecule has 0 aliphatic heterocycles. The van der Waals surface area contributed by atoms with Crippen molar-refractivity contribution in [3.05, 3.63) is 24.0 Å². The van der Waals surface area contributed by atoms with E-state index in [1.165, 1.54) is 23.4 Å². The van der Waals surface area contributed by atoms with Gasteiger partial charge in [-0.2, -0.15) is 5.90 Å². The van der Waals surface area contributed by atoms with Crippen molar-refractivity contribution in [2.75, 3.05) is 4.90 Å². The van der Waals surface area contributed by atoms with Gasteiger partial charge in [0, 0.05) is 24.2 Å². The molecule has 0 fully saturated rings. The van der Waals surface area contributed by atoms with Crippen LogP contribution in [-0.4, -0.2) is 34.0 Å². The SMILES string of the molecule is CC(=O)O.CC(C)(C)N(C(=O)ON)c1cnccc1C=O. The summed E-state index contributed by atoms with van der Waals surface area (Å²) in [6, 6.07) is 1.52. The summed E-state index contributed by atoms with van der Waals surface area (Å²) < 4.78 is 0. The number of aliphatic carboxylic acids is 1. The summed E-state index contributed by atoms with van der Waals surface area (Å²) in [5, 5.41) is 7.42. The maximum atomic E-state index is 11.7. The van der Waals surface area contributed by atoms with Gasteiger partial charge in [-0.3, -0.25) is 19.5 Å². The van der Waals surface area contributed by atoms with E-state index in [9.17, 15) is 9.59 Å². The van der Waals surface area contributed by atoms with Gasteiger partial charge < -0.3 is 9.94 Å². The molecular weight excluding hydrogens is 278 g/mol. The van der Waals surface area contributed by atoms with Crippen LogP contribution in [0, 0.1) is 0 Å². The molecule has 0 aliphatic carbocycles. The summed E-state index contributed by atoms with van der Waals surface area (Å²) in [5.74, 6) is 4.07. The van der Waals surface area contributed by atoms with Gasteiger partial charge in [-0.05, 0) is 26.8 Å². The minimum atomic E-state index is -0.833. The number of carbonyl (C=O) groups is 3.